The Bertz CT molecular complexity index is 1540. The van der Waals surface area contributed by atoms with E-state index in [0.717, 1.165) is 35.0 Å². The van der Waals surface area contributed by atoms with Gasteiger partial charge in [0.05, 0.1) is 22.6 Å². The number of benzene rings is 2. The van der Waals surface area contributed by atoms with Crippen LogP contribution in [0, 0.1) is 17.8 Å². The predicted octanol–water partition coefficient (Wildman–Crippen LogP) is 4.79. The molecule has 0 spiro atoms. The number of nitrogens with zero attached hydrogens (tertiary/aromatic N) is 6. The maximum Gasteiger partial charge on any atom is 0.387 e. The second kappa shape index (κ2) is 9.18. The molecule has 2 fully saturated rings. The summed E-state index contributed by atoms with van der Waals surface area (Å²) in [4.78, 5) is 29.7. The highest BCUT2D eigenvalue weighted by molar-refractivity contribution is 5.86. The molecule has 2 aliphatic heterocycles. The lowest BCUT2D eigenvalue weighted by atomic mass is 9.85. The van der Waals surface area contributed by atoms with Gasteiger partial charge in [0, 0.05) is 44.1 Å². The van der Waals surface area contributed by atoms with Crippen molar-refractivity contribution >= 4 is 34.6 Å². The van der Waals surface area contributed by atoms with Crippen molar-refractivity contribution in [3.63, 3.8) is 0 Å². The SMILES string of the molecule is O=C(O)C1[C@@H]2CC[C@H]1CN(c1ncc(-c3ccc4c(c3)nc3n4CCN3c3ccccc3OC(F)F)cn1)C2. The van der Waals surface area contributed by atoms with Gasteiger partial charge in [-0.1, -0.05) is 18.2 Å². The number of carboxylic acid groups (broad SMARTS) is 1. The molecule has 3 atom stereocenters. The van der Waals surface area contributed by atoms with Crippen LogP contribution in [0.15, 0.2) is 54.9 Å². The summed E-state index contributed by atoms with van der Waals surface area (Å²) >= 11 is 0. The second-order valence-electron chi connectivity index (χ2n) is 10.4. The average molecular weight is 533 g/mol. The van der Waals surface area contributed by atoms with Crippen LogP contribution in [0.1, 0.15) is 12.8 Å². The molecule has 4 aromatic rings. The van der Waals surface area contributed by atoms with Crippen LogP contribution in [0.3, 0.4) is 0 Å². The van der Waals surface area contributed by atoms with Crippen LogP contribution in [-0.2, 0) is 11.3 Å². The van der Waals surface area contributed by atoms with Crippen LogP contribution in [-0.4, -0.2) is 56.8 Å². The zero-order valence-electron chi connectivity index (χ0n) is 21.0. The van der Waals surface area contributed by atoms with Gasteiger partial charge in [0.2, 0.25) is 11.9 Å². The number of rotatable bonds is 6. The zero-order valence-corrected chi connectivity index (χ0v) is 21.0. The minimum atomic E-state index is -2.91. The van der Waals surface area contributed by atoms with E-state index in [4.69, 9.17) is 9.72 Å². The number of alkyl halides is 2. The van der Waals surface area contributed by atoms with E-state index in [0.29, 0.717) is 43.8 Å². The number of hydrogen-bond acceptors (Lipinski definition) is 7. The predicted molar refractivity (Wildman–Crippen MR) is 140 cm³/mol. The van der Waals surface area contributed by atoms with E-state index >= 15 is 0 Å². The summed E-state index contributed by atoms with van der Waals surface area (Å²) < 4.78 is 32.8. The Kier molecular flexibility index (Phi) is 5.60. The third-order valence-corrected chi connectivity index (χ3v) is 8.26. The summed E-state index contributed by atoms with van der Waals surface area (Å²) in [6.07, 6.45) is 5.46. The first-order valence-electron chi connectivity index (χ1n) is 13.1. The number of carboxylic acids is 1. The Labute approximate surface area is 222 Å². The Hall–Kier alpha value is -4.28. The molecule has 1 saturated carbocycles. The van der Waals surface area contributed by atoms with Gasteiger partial charge in [-0.3, -0.25) is 4.79 Å². The summed E-state index contributed by atoms with van der Waals surface area (Å²) in [5.74, 6) is 0.760. The van der Waals surface area contributed by atoms with Crippen LogP contribution in [0.2, 0.25) is 0 Å². The van der Waals surface area contributed by atoms with Crippen molar-refractivity contribution in [2.45, 2.75) is 26.0 Å². The molecular weight excluding hydrogens is 506 g/mol. The molecule has 0 amide bonds. The maximum atomic E-state index is 13.0. The number of ether oxygens (including phenoxy) is 1. The molecule has 7 rings (SSSR count). The van der Waals surface area contributed by atoms with Crippen molar-refractivity contribution in [2.75, 3.05) is 29.4 Å². The van der Waals surface area contributed by atoms with Crippen molar-refractivity contribution in [3.8, 4) is 16.9 Å². The fraction of sp³-hybridized carbons (Fsp3) is 0.357. The number of aromatic nitrogens is 4. The van der Waals surface area contributed by atoms with Crippen LogP contribution in [0.5, 0.6) is 5.75 Å². The first-order chi connectivity index (χ1) is 19.0. The summed E-state index contributed by atoms with van der Waals surface area (Å²) in [6, 6.07) is 12.7. The Morgan fingerprint density at radius 2 is 1.74 bits per heavy atom. The number of halogens is 2. The fourth-order valence-corrected chi connectivity index (χ4v) is 6.55. The van der Waals surface area contributed by atoms with Gasteiger partial charge in [0.15, 0.2) is 0 Å². The summed E-state index contributed by atoms with van der Waals surface area (Å²) in [5, 5.41) is 9.58. The van der Waals surface area contributed by atoms with E-state index in [1.165, 1.54) is 6.07 Å². The second-order valence-corrected chi connectivity index (χ2v) is 10.4. The minimum Gasteiger partial charge on any atom is -0.481 e. The Morgan fingerprint density at radius 3 is 2.46 bits per heavy atom. The van der Waals surface area contributed by atoms with Crippen molar-refractivity contribution in [1.82, 2.24) is 19.5 Å². The highest BCUT2D eigenvalue weighted by Crippen LogP contribution is 2.43. The van der Waals surface area contributed by atoms with Crippen molar-refractivity contribution in [2.24, 2.45) is 17.8 Å². The number of fused-ring (bicyclic) bond motifs is 5. The van der Waals surface area contributed by atoms with Crippen LogP contribution in [0.4, 0.5) is 26.4 Å². The van der Waals surface area contributed by atoms with E-state index < -0.39 is 12.6 Å². The molecule has 3 aliphatic rings. The van der Waals surface area contributed by atoms with Gasteiger partial charge < -0.3 is 24.2 Å². The van der Waals surface area contributed by atoms with Crippen LogP contribution < -0.4 is 14.5 Å². The van der Waals surface area contributed by atoms with E-state index in [1.54, 1.807) is 30.6 Å². The maximum absolute atomic E-state index is 13.0. The van der Waals surface area contributed by atoms with Crippen molar-refractivity contribution in [1.29, 1.82) is 0 Å². The molecule has 1 saturated heterocycles. The third-order valence-electron chi connectivity index (χ3n) is 8.26. The summed E-state index contributed by atoms with van der Waals surface area (Å²) in [6.45, 7) is -0.297. The molecule has 2 aromatic heterocycles. The van der Waals surface area contributed by atoms with Gasteiger partial charge >= 0.3 is 12.6 Å². The first kappa shape index (κ1) is 23.8. The number of aliphatic carboxylic acids is 1. The lowest BCUT2D eigenvalue weighted by Crippen LogP contribution is -2.45. The normalized spacial score (nSPS) is 22.1. The number of para-hydroxylation sites is 2. The van der Waals surface area contributed by atoms with Crippen LogP contribution >= 0.6 is 0 Å². The third kappa shape index (κ3) is 4.03. The van der Waals surface area contributed by atoms with Gasteiger partial charge in [-0.05, 0) is 54.5 Å². The molecule has 9 nitrogen and oxygen atoms in total. The topological polar surface area (TPSA) is 96.6 Å². The van der Waals surface area contributed by atoms with Gasteiger partial charge in [0.1, 0.15) is 5.75 Å². The standard InChI is InChI=1S/C28H26F2N6O3/c29-26(30)39-23-4-2-1-3-22(23)36-10-9-35-21-8-7-16(11-20(21)33-28(35)36)19-12-31-27(32-13-19)34-14-17-5-6-18(15-34)24(17)25(37)38/h1-4,7-8,11-13,17-18,24,26H,5-6,9-10,14-15H2,(H,37,38)/t17-,18+,24?. The van der Waals surface area contributed by atoms with Crippen molar-refractivity contribution < 1.29 is 23.4 Å². The first-order valence-corrected chi connectivity index (χ1v) is 13.1. The highest BCUT2D eigenvalue weighted by Gasteiger charge is 2.46. The van der Waals surface area contributed by atoms with Gasteiger partial charge in [-0.2, -0.15) is 8.78 Å². The lowest BCUT2D eigenvalue weighted by molar-refractivity contribution is -0.144. The van der Waals surface area contributed by atoms with E-state index in [2.05, 4.69) is 19.4 Å². The van der Waals surface area contributed by atoms with E-state index in [1.807, 2.05) is 23.1 Å². The fourth-order valence-electron chi connectivity index (χ4n) is 6.55. The quantitative estimate of drug-likeness (QED) is 0.379. The van der Waals surface area contributed by atoms with Crippen LogP contribution in [0.25, 0.3) is 22.2 Å². The molecule has 1 unspecified atom stereocenters. The molecule has 39 heavy (non-hydrogen) atoms. The zero-order chi connectivity index (χ0) is 26.7. The molecule has 1 aliphatic carbocycles. The summed E-state index contributed by atoms with van der Waals surface area (Å²) in [7, 11) is 0. The molecule has 0 radical (unpaired) electrons. The number of carbonyl (C=O) groups is 1. The van der Waals surface area contributed by atoms with Gasteiger partial charge in [-0.25, -0.2) is 15.0 Å². The molecule has 11 heteroatoms. The highest BCUT2D eigenvalue weighted by atomic mass is 19.3. The Morgan fingerprint density at radius 1 is 1.00 bits per heavy atom. The van der Waals surface area contributed by atoms with E-state index in [9.17, 15) is 18.7 Å². The number of anilines is 3. The lowest BCUT2D eigenvalue weighted by Gasteiger charge is -2.35. The average Bonchev–Trinajstić information content (AvgIpc) is 3.58. The Balaban J connectivity index is 1.14. The largest absolute Gasteiger partial charge is 0.481 e. The molecule has 1 N–H and O–H groups in total. The number of piperidine rings is 1. The van der Waals surface area contributed by atoms with Crippen molar-refractivity contribution in [3.05, 3.63) is 54.9 Å². The number of hydrogen-bond donors (Lipinski definition) is 1. The summed E-state index contributed by atoms with van der Waals surface area (Å²) in [5.41, 5.74) is 4.07. The molecule has 4 heterocycles. The monoisotopic (exact) mass is 532 g/mol. The number of imidazole rings is 1. The van der Waals surface area contributed by atoms with Gasteiger partial charge in [-0.15, -0.1) is 0 Å². The van der Waals surface area contributed by atoms with E-state index in [-0.39, 0.29) is 23.5 Å². The molecule has 200 valence electrons. The van der Waals surface area contributed by atoms with Gasteiger partial charge in [0.25, 0.3) is 0 Å². The molecular formula is C28H26F2N6O3. The molecule has 2 aromatic carbocycles. The molecule has 2 bridgehead atoms. The minimum absolute atomic E-state index is 0.117. The smallest absolute Gasteiger partial charge is 0.387 e.